The van der Waals surface area contributed by atoms with Crippen molar-refractivity contribution in [1.82, 2.24) is 9.55 Å². The third-order valence-corrected chi connectivity index (χ3v) is 2.21. The maximum atomic E-state index is 11.2. The van der Waals surface area contributed by atoms with E-state index in [2.05, 4.69) is 4.98 Å². The third-order valence-electron chi connectivity index (χ3n) is 2.21. The Kier molecular flexibility index (Phi) is 1.87. The lowest BCUT2D eigenvalue weighted by Gasteiger charge is -2.00. The Hall–Kier alpha value is -1.66. The van der Waals surface area contributed by atoms with Crippen molar-refractivity contribution in [3.05, 3.63) is 22.0 Å². The van der Waals surface area contributed by atoms with Crippen molar-refractivity contribution in [3.63, 3.8) is 0 Å². The van der Waals surface area contributed by atoms with Crippen molar-refractivity contribution in [2.45, 2.75) is 18.9 Å². The van der Waals surface area contributed by atoms with Gasteiger partial charge in [-0.05, 0) is 17.8 Å². The van der Waals surface area contributed by atoms with E-state index in [4.69, 9.17) is 0 Å². The van der Waals surface area contributed by atoms with Crippen LogP contribution in [0.3, 0.4) is 0 Å². The smallest absolute Gasteiger partial charge is 0.390 e. The van der Waals surface area contributed by atoms with Crippen LogP contribution in [-0.4, -0.2) is 28.0 Å². The van der Waals surface area contributed by atoms with Crippen LogP contribution in [0.1, 0.15) is 29.4 Å². The number of hydrogen-bond acceptors (Lipinski definition) is 4. The molecule has 0 N–H and O–H groups in total. The average Bonchev–Trinajstić information content (AvgIpc) is 2.83. The van der Waals surface area contributed by atoms with Crippen molar-refractivity contribution < 1.29 is 9.72 Å². The molecule has 14 heavy (non-hydrogen) atoms. The second-order valence-electron chi connectivity index (χ2n) is 3.36. The fourth-order valence-corrected chi connectivity index (χ4v) is 1.44. The van der Waals surface area contributed by atoms with Crippen LogP contribution in [0.4, 0.5) is 5.95 Å². The summed E-state index contributed by atoms with van der Waals surface area (Å²) in [5, 5.41) is 10.6. The first-order chi connectivity index (χ1) is 6.61. The third kappa shape index (κ3) is 1.30. The predicted octanol–water partition coefficient (Wildman–Crippen LogP) is -0.101. The molecule has 1 heterocycles. The van der Waals surface area contributed by atoms with Crippen LogP contribution in [0, 0.1) is 10.1 Å². The number of hydrogen-bond donors (Lipinski definition) is 0. The Labute approximate surface area is 80.5 Å². The number of carbonyl (C=O) groups excluding carboxylic acids is 1. The van der Waals surface area contributed by atoms with Gasteiger partial charge in [0, 0.05) is 0 Å². The Morgan fingerprint density at radius 3 is 2.79 bits per heavy atom. The van der Waals surface area contributed by atoms with E-state index in [1.807, 2.05) is 0 Å². The van der Waals surface area contributed by atoms with Crippen molar-refractivity contribution in [2.75, 3.05) is 0 Å². The molecule has 0 saturated heterocycles. The van der Waals surface area contributed by atoms with E-state index in [1.54, 1.807) is 0 Å². The van der Waals surface area contributed by atoms with Gasteiger partial charge in [0.05, 0.1) is 6.04 Å². The molecule has 0 radical (unpaired) electrons. The summed E-state index contributed by atoms with van der Waals surface area (Å²) in [7, 11) is 1.39. The zero-order valence-electron chi connectivity index (χ0n) is 7.64. The first-order valence-electron chi connectivity index (χ1n) is 4.34. The lowest BCUT2D eigenvalue weighted by Crippen LogP contribution is -2.09. The van der Waals surface area contributed by atoms with Gasteiger partial charge in [0.2, 0.25) is 0 Å². The number of nitro groups is 1. The Morgan fingerprint density at radius 1 is 1.71 bits per heavy atom. The van der Waals surface area contributed by atoms with E-state index in [-0.39, 0.29) is 17.7 Å². The SMILES string of the molecule is BC(=O)c1cnc([N+](=O)[O-])n1C1CC1. The minimum atomic E-state index is -0.551. The van der Waals surface area contributed by atoms with Gasteiger partial charge in [0.15, 0.2) is 13.5 Å². The van der Waals surface area contributed by atoms with E-state index in [1.165, 1.54) is 18.6 Å². The van der Waals surface area contributed by atoms with Gasteiger partial charge in [-0.15, -0.1) is 0 Å². The maximum Gasteiger partial charge on any atom is 0.435 e. The molecular formula is C7H8BN3O3. The van der Waals surface area contributed by atoms with Crippen molar-refractivity contribution >= 4 is 19.5 Å². The molecule has 0 amide bonds. The van der Waals surface area contributed by atoms with Gasteiger partial charge in [0.1, 0.15) is 11.9 Å². The summed E-state index contributed by atoms with van der Waals surface area (Å²) in [6.07, 6.45) is 3.05. The molecule has 0 bridgehead atoms. The molecule has 2 rings (SSSR count). The van der Waals surface area contributed by atoms with Crippen molar-refractivity contribution in [3.8, 4) is 0 Å². The van der Waals surface area contributed by atoms with Crippen LogP contribution < -0.4 is 0 Å². The Bertz CT molecular complexity index is 379. The molecule has 1 saturated carbocycles. The van der Waals surface area contributed by atoms with E-state index in [0.29, 0.717) is 5.69 Å². The normalized spacial score (nSPS) is 15.4. The fourth-order valence-electron chi connectivity index (χ4n) is 1.44. The standard InChI is InChI=1S/C7H8BN3O3/c8-6(12)5-3-9-7(11(13)14)10(5)4-1-2-4/h3-4H,1-2,8H2. The second kappa shape index (κ2) is 2.93. The number of rotatable bonds is 3. The minimum absolute atomic E-state index is 0.0943. The lowest BCUT2D eigenvalue weighted by atomic mass is 10.0. The van der Waals surface area contributed by atoms with Crippen LogP contribution in [0.5, 0.6) is 0 Å². The van der Waals surface area contributed by atoms with Gasteiger partial charge in [-0.1, -0.05) is 4.98 Å². The molecule has 0 unspecified atom stereocenters. The van der Waals surface area contributed by atoms with E-state index in [9.17, 15) is 14.9 Å². The Balaban J connectivity index is 2.52. The zero-order valence-corrected chi connectivity index (χ0v) is 7.64. The van der Waals surface area contributed by atoms with Gasteiger partial charge < -0.3 is 14.9 Å². The zero-order chi connectivity index (χ0) is 10.3. The van der Waals surface area contributed by atoms with Gasteiger partial charge in [-0.3, -0.25) is 0 Å². The summed E-state index contributed by atoms with van der Waals surface area (Å²) in [5.74, 6) is -0.224. The largest absolute Gasteiger partial charge is 0.435 e. The first kappa shape index (κ1) is 8.92. The first-order valence-corrected chi connectivity index (χ1v) is 4.34. The Morgan fingerprint density at radius 2 is 2.36 bits per heavy atom. The summed E-state index contributed by atoms with van der Waals surface area (Å²) < 4.78 is 1.43. The van der Waals surface area contributed by atoms with Crippen LogP contribution in [0.15, 0.2) is 6.20 Å². The molecule has 0 aliphatic heterocycles. The molecular weight excluding hydrogens is 185 g/mol. The second-order valence-corrected chi connectivity index (χ2v) is 3.36. The van der Waals surface area contributed by atoms with Crippen molar-refractivity contribution in [2.24, 2.45) is 0 Å². The van der Waals surface area contributed by atoms with E-state index < -0.39 is 4.92 Å². The summed E-state index contributed by atoms with van der Waals surface area (Å²) in [6.45, 7) is 0. The highest BCUT2D eigenvalue weighted by Gasteiger charge is 2.36. The molecule has 1 aliphatic rings. The molecule has 0 atom stereocenters. The van der Waals surface area contributed by atoms with Gasteiger partial charge in [0.25, 0.3) is 0 Å². The fraction of sp³-hybridized carbons (Fsp3) is 0.429. The minimum Gasteiger partial charge on any atom is -0.390 e. The van der Waals surface area contributed by atoms with Gasteiger partial charge >= 0.3 is 5.95 Å². The molecule has 1 fully saturated rings. The number of imidazole rings is 1. The predicted molar refractivity (Wildman–Crippen MR) is 50.0 cm³/mol. The maximum absolute atomic E-state index is 11.2. The molecule has 0 spiro atoms. The highest BCUT2D eigenvalue weighted by Crippen LogP contribution is 2.38. The molecule has 0 aromatic carbocycles. The average molecular weight is 193 g/mol. The molecule has 72 valence electrons. The molecule has 1 aromatic heterocycles. The van der Waals surface area contributed by atoms with E-state index >= 15 is 0 Å². The highest BCUT2D eigenvalue weighted by molar-refractivity contribution is 6.62. The van der Waals surface area contributed by atoms with Crippen LogP contribution in [-0.2, 0) is 0 Å². The summed E-state index contributed by atoms with van der Waals surface area (Å²) in [4.78, 5) is 24.8. The summed E-state index contributed by atoms with van der Waals surface area (Å²) in [6, 6.07) is 0.0943. The number of nitrogens with zero attached hydrogens (tertiary/aromatic N) is 3. The van der Waals surface area contributed by atoms with E-state index in [0.717, 1.165) is 12.8 Å². The molecule has 1 aromatic rings. The van der Waals surface area contributed by atoms with Gasteiger partial charge in [-0.25, -0.2) is 4.57 Å². The number of carbonyl (C=O) groups is 1. The summed E-state index contributed by atoms with van der Waals surface area (Å²) >= 11 is 0. The molecule has 6 nitrogen and oxygen atoms in total. The molecule has 7 heteroatoms. The van der Waals surface area contributed by atoms with Crippen LogP contribution >= 0.6 is 0 Å². The monoisotopic (exact) mass is 193 g/mol. The quantitative estimate of drug-likeness (QED) is 0.381. The molecule has 1 aliphatic carbocycles. The van der Waals surface area contributed by atoms with Crippen LogP contribution in [0.2, 0.25) is 0 Å². The topological polar surface area (TPSA) is 78.0 Å². The highest BCUT2D eigenvalue weighted by atomic mass is 16.6. The number of aromatic nitrogens is 2. The van der Waals surface area contributed by atoms with Crippen LogP contribution in [0.25, 0.3) is 0 Å². The lowest BCUT2D eigenvalue weighted by molar-refractivity contribution is -0.396. The van der Waals surface area contributed by atoms with Gasteiger partial charge in [-0.2, -0.15) is 0 Å². The van der Waals surface area contributed by atoms with Crippen molar-refractivity contribution in [1.29, 1.82) is 0 Å². The summed E-state index contributed by atoms with van der Waals surface area (Å²) in [5.41, 5.74) is 0.150.